The highest BCUT2D eigenvalue weighted by molar-refractivity contribution is 6.32. The Labute approximate surface area is 236 Å². The molecule has 2 N–H and O–H groups in total. The van der Waals surface area contributed by atoms with Gasteiger partial charge in [-0.05, 0) is 79.2 Å². The number of ether oxygens (including phenoxy) is 4. The van der Waals surface area contributed by atoms with Gasteiger partial charge in [0, 0.05) is 11.4 Å². The van der Waals surface area contributed by atoms with Gasteiger partial charge < -0.3 is 29.6 Å². The maximum Gasteiger partial charge on any atom is 0.337 e. The molecule has 0 aromatic heterocycles. The van der Waals surface area contributed by atoms with Crippen molar-refractivity contribution < 1.29 is 33.3 Å². The van der Waals surface area contributed by atoms with Gasteiger partial charge >= 0.3 is 5.97 Å². The molecule has 11 heteroatoms. The van der Waals surface area contributed by atoms with Gasteiger partial charge in [-0.25, -0.2) is 4.79 Å². The van der Waals surface area contributed by atoms with Crippen LogP contribution in [0.25, 0.3) is 6.08 Å². The second-order valence-corrected chi connectivity index (χ2v) is 8.43. The van der Waals surface area contributed by atoms with Crippen molar-refractivity contribution in [2.75, 3.05) is 38.1 Å². The average molecular weight is 564 g/mol. The predicted octanol–water partition coefficient (Wildman–Crippen LogP) is 5.10. The lowest BCUT2D eigenvalue weighted by Gasteiger charge is -2.15. The normalized spacial score (nSPS) is 10.6. The summed E-state index contributed by atoms with van der Waals surface area (Å²) in [6.45, 7) is 1.68. The minimum Gasteiger partial charge on any atom is -0.497 e. The summed E-state index contributed by atoms with van der Waals surface area (Å²) in [5.41, 5.74) is 1.45. The Morgan fingerprint density at radius 1 is 0.950 bits per heavy atom. The fraction of sp³-hybridized carbons (Fsp3) is 0.172. The van der Waals surface area contributed by atoms with Gasteiger partial charge in [-0.2, -0.15) is 5.26 Å². The molecule has 0 aliphatic heterocycles. The number of nitriles is 1. The maximum absolute atomic E-state index is 12.7. The second-order valence-electron chi connectivity index (χ2n) is 8.02. The highest BCUT2D eigenvalue weighted by Gasteiger charge is 2.16. The van der Waals surface area contributed by atoms with Gasteiger partial charge in [0.2, 0.25) is 0 Å². The number of anilines is 2. The lowest BCUT2D eigenvalue weighted by Crippen LogP contribution is -2.20. The SMILES string of the molecule is CCOc1cc(/C=C(/C#N)C(=O)Nc2ccc(C(=O)OC)cc2)cc(Cl)c1OCC(=O)Nc1ccc(OC)cc1. The minimum atomic E-state index is -0.669. The van der Waals surface area contributed by atoms with Crippen LogP contribution >= 0.6 is 11.6 Å². The van der Waals surface area contributed by atoms with Crippen molar-refractivity contribution in [1.82, 2.24) is 0 Å². The minimum absolute atomic E-state index is 0.116. The summed E-state index contributed by atoms with van der Waals surface area (Å²) in [5.74, 6) is -0.576. The first-order chi connectivity index (χ1) is 19.3. The van der Waals surface area contributed by atoms with E-state index in [1.807, 2.05) is 6.07 Å². The molecule has 0 fully saturated rings. The van der Waals surface area contributed by atoms with Crippen molar-refractivity contribution in [3.8, 4) is 23.3 Å². The van der Waals surface area contributed by atoms with Gasteiger partial charge in [-0.3, -0.25) is 9.59 Å². The number of hydrogen-bond acceptors (Lipinski definition) is 8. The van der Waals surface area contributed by atoms with Crippen LogP contribution in [0.3, 0.4) is 0 Å². The molecule has 40 heavy (non-hydrogen) atoms. The predicted molar refractivity (Wildman–Crippen MR) is 150 cm³/mol. The van der Waals surface area contributed by atoms with Crippen molar-refractivity contribution in [3.05, 3.63) is 82.4 Å². The van der Waals surface area contributed by atoms with Gasteiger partial charge in [0.1, 0.15) is 17.4 Å². The van der Waals surface area contributed by atoms with E-state index in [2.05, 4.69) is 15.4 Å². The van der Waals surface area contributed by atoms with Crippen molar-refractivity contribution in [3.63, 3.8) is 0 Å². The van der Waals surface area contributed by atoms with Crippen LogP contribution in [-0.4, -0.2) is 45.2 Å². The molecule has 0 unspecified atom stereocenters. The summed E-state index contributed by atoms with van der Waals surface area (Å²) < 4.78 is 21.0. The number of nitrogens with zero attached hydrogens (tertiary/aromatic N) is 1. The Morgan fingerprint density at radius 3 is 2.20 bits per heavy atom. The summed E-state index contributed by atoms with van der Waals surface area (Å²) in [4.78, 5) is 36.7. The first-order valence-corrected chi connectivity index (χ1v) is 12.3. The number of amides is 2. The number of esters is 1. The molecule has 10 nitrogen and oxygen atoms in total. The Bertz CT molecular complexity index is 1450. The van der Waals surface area contributed by atoms with E-state index < -0.39 is 17.8 Å². The third-order valence-corrected chi connectivity index (χ3v) is 5.57. The van der Waals surface area contributed by atoms with Crippen LogP contribution in [0.1, 0.15) is 22.8 Å². The lowest BCUT2D eigenvalue weighted by molar-refractivity contribution is -0.118. The first-order valence-electron chi connectivity index (χ1n) is 11.9. The van der Waals surface area contributed by atoms with Gasteiger partial charge in [0.25, 0.3) is 11.8 Å². The highest BCUT2D eigenvalue weighted by atomic mass is 35.5. The van der Waals surface area contributed by atoms with E-state index in [1.165, 1.54) is 43.5 Å². The van der Waals surface area contributed by atoms with Crippen LogP contribution in [0, 0.1) is 11.3 Å². The molecule has 0 saturated heterocycles. The molecule has 0 bridgehead atoms. The van der Waals surface area contributed by atoms with E-state index >= 15 is 0 Å². The van der Waals surface area contributed by atoms with E-state index in [9.17, 15) is 19.6 Å². The third kappa shape index (κ3) is 7.99. The second kappa shape index (κ2) is 14.2. The summed E-state index contributed by atoms with van der Waals surface area (Å²) in [6, 6.07) is 17.7. The summed E-state index contributed by atoms with van der Waals surface area (Å²) in [7, 11) is 2.82. The number of carbonyl (C=O) groups is 3. The van der Waals surface area contributed by atoms with Crippen LogP contribution in [0.2, 0.25) is 5.02 Å². The number of halogens is 1. The Hall–Kier alpha value is -5.01. The molecule has 3 aromatic carbocycles. The molecule has 206 valence electrons. The van der Waals surface area contributed by atoms with E-state index in [0.717, 1.165) is 0 Å². The molecular formula is C29H26ClN3O7. The van der Waals surface area contributed by atoms with E-state index in [-0.39, 0.29) is 35.3 Å². The number of benzene rings is 3. The third-order valence-electron chi connectivity index (χ3n) is 5.29. The molecule has 0 aliphatic carbocycles. The van der Waals surface area contributed by atoms with Crippen LogP contribution < -0.4 is 24.8 Å². The Morgan fingerprint density at radius 2 is 1.60 bits per heavy atom. The van der Waals surface area contributed by atoms with E-state index in [4.69, 9.17) is 25.8 Å². The standard InChI is InChI=1S/C29H26ClN3O7/c1-4-39-25-15-18(13-20(16-31)28(35)33-22-7-5-19(6-8-22)29(36)38-3)14-24(30)27(25)40-17-26(34)32-21-9-11-23(37-2)12-10-21/h5-15H,4,17H2,1-3H3,(H,32,34)(H,33,35)/b20-13-. The van der Waals surface area contributed by atoms with Gasteiger partial charge in [0.15, 0.2) is 18.1 Å². The van der Waals surface area contributed by atoms with Crippen molar-refractivity contribution >= 4 is 46.8 Å². The van der Waals surface area contributed by atoms with E-state index in [0.29, 0.717) is 28.3 Å². The van der Waals surface area contributed by atoms with Gasteiger partial charge in [0.05, 0.1) is 31.4 Å². The van der Waals surface area contributed by atoms with E-state index in [1.54, 1.807) is 44.4 Å². The smallest absolute Gasteiger partial charge is 0.337 e. The fourth-order valence-corrected chi connectivity index (χ4v) is 3.68. The topological polar surface area (TPSA) is 136 Å². The molecule has 0 saturated carbocycles. The van der Waals surface area contributed by atoms with Gasteiger partial charge in [-0.1, -0.05) is 11.6 Å². The number of rotatable bonds is 11. The molecule has 0 radical (unpaired) electrons. The van der Waals surface area contributed by atoms with Crippen LogP contribution in [0.4, 0.5) is 11.4 Å². The molecule has 3 rings (SSSR count). The van der Waals surface area contributed by atoms with Crippen LogP contribution in [0.5, 0.6) is 17.2 Å². The number of methoxy groups -OCH3 is 2. The number of nitrogens with one attached hydrogen (secondary N) is 2. The Balaban J connectivity index is 1.73. The molecule has 0 heterocycles. The highest BCUT2D eigenvalue weighted by Crippen LogP contribution is 2.37. The van der Waals surface area contributed by atoms with Crippen LogP contribution in [0.15, 0.2) is 66.2 Å². The molecule has 0 aliphatic rings. The number of carbonyl (C=O) groups excluding carboxylic acids is 3. The quantitative estimate of drug-likeness (QED) is 0.187. The van der Waals surface area contributed by atoms with Crippen molar-refractivity contribution in [2.24, 2.45) is 0 Å². The molecule has 0 spiro atoms. The van der Waals surface area contributed by atoms with Crippen molar-refractivity contribution in [1.29, 1.82) is 5.26 Å². The molecular weight excluding hydrogens is 538 g/mol. The van der Waals surface area contributed by atoms with Crippen molar-refractivity contribution in [2.45, 2.75) is 6.92 Å². The zero-order valence-corrected chi connectivity index (χ0v) is 22.7. The monoisotopic (exact) mass is 563 g/mol. The number of hydrogen-bond donors (Lipinski definition) is 2. The van der Waals surface area contributed by atoms with Crippen LogP contribution in [-0.2, 0) is 14.3 Å². The Kier molecular flexibility index (Phi) is 10.5. The summed E-state index contributed by atoms with van der Waals surface area (Å²) in [6.07, 6.45) is 1.34. The molecule has 2 amide bonds. The summed E-state index contributed by atoms with van der Waals surface area (Å²) in [5, 5.41) is 15.0. The fourth-order valence-electron chi connectivity index (χ4n) is 3.40. The zero-order valence-electron chi connectivity index (χ0n) is 21.9. The zero-order chi connectivity index (χ0) is 29.1. The largest absolute Gasteiger partial charge is 0.497 e. The summed E-state index contributed by atoms with van der Waals surface area (Å²) >= 11 is 6.43. The average Bonchev–Trinajstić information content (AvgIpc) is 2.96. The lowest BCUT2D eigenvalue weighted by atomic mass is 10.1. The first kappa shape index (κ1) is 29.5. The molecule has 0 atom stereocenters. The van der Waals surface area contributed by atoms with Gasteiger partial charge in [-0.15, -0.1) is 0 Å². The molecule has 3 aromatic rings. The maximum atomic E-state index is 12.7.